The molecule has 1 N–H and O–H groups in total. The number of ether oxygens (including phenoxy) is 1. The fourth-order valence-electron chi connectivity index (χ4n) is 2.02. The second-order valence-corrected chi connectivity index (χ2v) is 7.20. The maximum Gasteiger partial charge on any atom is 0.407 e. The first kappa shape index (κ1) is 17.5. The van der Waals surface area contributed by atoms with Crippen LogP contribution in [0, 0.1) is 0 Å². The van der Waals surface area contributed by atoms with Gasteiger partial charge in [-0.15, -0.1) is 0 Å². The summed E-state index contributed by atoms with van der Waals surface area (Å²) in [5, 5.41) is 7.10. The van der Waals surface area contributed by atoms with Crippen LogP contribution < -0.4 is 5.32 Å². The summed E-state index contributed by atoms with van der Waals surface area (Å²) in [6, 6.07) is 8.12. The summed E-state index contributed by atoms with van der Waals surface area (Å²) in [5.74, 6) is 0. The third-order valence-electron chi connectivity index (χ3n) is 3.04. The third-order valence-corrected chi connectivity index (χ3v) is 3.57. The van der Waals surface area contributed by atoms with E-state index >= 15 is 0 Å². The van der Waals surface area contributed by atoms with E-state index in [0.717, 1.165) is 28.6 Å². The molecular weight excluding hydrogens is 358 g/mol. The third kappa shape index (κ3) is 6.06. The first-order valence-corrected chi connectivity index (χ1v) is 8.38. The second-order valence-electron chi connectivity index (χ2n) is 6.28. The lowest BCUT2D eigenvalue weighted by molar-refractivity contribution is 0.0526. The fraction of sp³-hybridized carbons (Fsp3) is 0.412. The molecule has 0 aliphatic carbocycles. The van der Waals surface area contributed by atoms with Crippen LogP contribution in [-0.4, -0.2) is 28.0 Å². The Hall–Kier alpha value is -1.82. The molecule has 0 radical (unpaired) electrons. The Kier molecular flexibility index (Phi) is 5.82. The Morgan fingerprint density at radius 2 is 1.96 bits per heavy atom. The van der Waals surface area contributed by atoms with Crippen molar-refractivity contribution in [2.45, 2.75) is 39.3 Å². The van der Waals surface area contributed by atoms with Crippen molar-refractivity contribution in [3.05, 3.63) is 41.1 Å². The molecule has 124 valence electrons. The molecule has 0 bridgehead atoms. The van der Waals surface area contributed by atoms with Crippen molar-refractivity contribution in [3.63, 3.8) is 0 Å². The van der Waals surface area contributed by atoms with Crippen LogP contribution in [0.15, 0.2) is 41.1 Å². The number of alkyl carbamates (subject to hydrolysis) is 1. The lowest BCUT2D eigenvalue weighted by Crippen LogP contribution is -2.33. The fourth-order valence-corrected chi connectivity index (χ4v) is 2.29. The Morgan fingerprint density at radius 3 is 2.61 bits per heavy atom. The Bertz CT molecular complexity index is 645. The van der Waals surface area contributed by atoms with Gasteiger partial charge in [0.1, 0.15) is 5.60 Å². The van der Waals surface area contributed by atoms with Gasteiger partial charge in [-0.05, 0) is 44.9 Å². The van der Waals surface area contributed by atoms with E-state index < -0.39 is 5.60 Å². The summed E-state index contributed by atoms with van der Waals surface area (Å²) in [6.07, 6.45) is 4.27. The molecule has 0 atom stereocenters. The van der Waals surface area contributed by atoms with Gasteiger partial charge in [0.05, 0.1) is 6.20 Å². The molecular formula is C17H22BrN3O2. The highest BCUT2D eigenvalue weighted by Gasteiger charge is 2.15. The predicted octanol–water partition coefficient (Wildman–Crippen LogP) is 4.23. The molecule has 6 heteroatoms. The van der Waals surface area contributed by atoms with Gasteiger partial charge in [0.25, 0.3) is 0 Å². The number of carbonyl (C=O) groups is 1. The summed E-state index contributed by atoms with van der Waals surface area (Å²) in [5.41, 5.74) is 1.75. The lowest BCUT2D eigenvalue weighted by Gasteiger charge is -2.19. The van der Waals surface area contributed by atoms with Gasteiger partial charge in [-0.3, -0.25) is 4.68 Å². The molecule has 2 aromatic rings. The minimum Gasteiger partial charge on any atom is -0.444 e. The van der Waals surface area contributed by atoms with Crippen LogP contribution in [0.1, 0.15) is 27.2 Å². The standard InChI is InChI=1S/C17H22BrN3O2/c1-17(2,3)23-16(22)19-9-4-10-21-12-14(11-20-21)13-5-7-15(18)8-6-13/h5-8,11-12H,4,9-10H2,1-3H3,(H,19,22). The molecule has 0 aliphatic heterocycles. The molecule has 23 heavy (non-hydrogen) atoms. The monoisotopic (exact) mass is 379 g/mol. The minimum atomic E-state index is -0.467. The maximum absolute atomic E-state index is 11.5. The largest absolute Gasteiger partial charge is 0.444 e. The molecule has 0 fully saturated rings. The molecule has 0 saturated heterocycles. The molecule has 2 rings (SSSR count). The average Bonchev–Trinajstić information content (AvgIpc) is 2.91. The van der Waals surface area contributed by atoms with Crippen LogP contribution in [0.3, 0.4) is 0 Å². The molecule has 0 saturated carbocycles. The summed E-state index contributed by atoms with van der Waals surface area (Å²) >= 11 is 3.43. The molecule has 1 aromatic heterocycles. The molecule has 0 aliphatic rings. The number of hydrogen-bond acceptors (Lipinski definition) is 3. The van der Waals surface area contributed by atoms with Crippen LogP contribution in [0.4, 0.5) is 4.79 Å². The normalized spacial score (nSPS) is 11.3. The van der Waals surface area contributed by atoms with Gasteiger partial charge >= 0.3 is 6.09 Å². The van der Waals surface area contributed by atoms with Crippen molar-refractivity contribution in [1.29, 1.82) is 0 Å². The number of nitrogens with zero attached hydrogens (tertiary/aromatic N) is 2. The minimum absolute atomic E-state index is 0.381. The van der Waals surface area contributed by atoms with Gasteiger partial charge in [-0.1, -0.05) is 28.1 Å². The number of benzene rings is 1. The predicted molar refractivity (Wildman–Crippen MR) is 94.2 cm³/mol. The van der Waals surface area contributed by atoms with E-state index in [4.69, 9.17) is 4.74 Å². The SMILES string of the molecule is CC(C)(C)OC(=O)NCCCn1cc(-c2ccc(Br)cc2)cn1. The molecule has 1 amide bonds. The van der Waals surface area contributed by atoms with Gasteiger partial charge in [0, 0.05) is 29.3 Å². The average molecular weight is 380 g/mol. The van der Waals surface area contributed by atoms with Crippen molar-refractivity contribution >= 4 is 22.0 Å². The number of hydrogen-bond donors (Lipinski definition) is 1. The van der Waals surface area contributed by atoms with Crippen molar-refractivity contribution in [3.8, 4) is 11.1 Å². The lowest BCUT2D eigenvalue weighted by atomic mass is 10.1. The number of aryl methyl sites for hydroxylation is 1. The van der Waals surface area contributed by atoms with E-state index in [9.17, 15) is 4.79 Å². The zero-order chi connectivity index (χ0) is 16.9. The Balaban J connectivity index is 1.77. The smallest absolute Gasteiger partial charge is 0.407 e. The highest BCUT2D eigenvalue weighted by atomic mass is 79.9. The summed E-state index contributed by atoms with van der Waals surface area (Å²) in [4.78, 5) is 11.5. The van der Waals surface area contributed by atoms with Crippen LogP contribution >= 0.6 is 15.9 Å². The van der Waals surface area contributed by atoms with Crippen molar-refractivity contribution in [2.24, 2.45) is 0 Å². The molecule has 5 nitrogen and oxygen atoms in total. The number of amides is 1. The second kappa shape index (κ2) is 7.64. The van der Waals surface area contributed by atoms with Crippen LogP contribution in [-0.2, 0) is 11.3 Å². The van der Waals surface area contributed by atoms with Gasteiger partial charge in [-0.2, -0.15) is 5.10 Å². The number of halogens is 1. The summed E-state index contributed by atoms with van der Waals surface area (Å²) in [6.45, 7) is 6.84. The summed E-state index contributed by atoms with van der Waals surface area (Å²) < 4.78 is 8.13. The van der Waals surface area contributed by atoms with E-state index in [1.807, 2.05) is 50.0 Å². The Labute approximate surface area is 145 Å². The van der Waals surface area contributed by atoms with Crippen molar-refractivity contribution < 1.29 is 9.53 Å². The molecule has 0 unspecified atom stereocenters. The van der Waals surface area contributed by atoms with Crippen LogP contribution in [0.5, 0.6) is 0 Å². The van der Waals surface area contributed by atoms with Crippen molar-refractivity contribution in [1.82, 2.24) is 15.1 Å². The first-order valence-electron chi connectivity index (χ1n) is 7.59. The first-order chi connectivity index (χ1) is 10.8. The summed E-state index contributed by atoms with van der Waals surface area (Å²) in [7, 11) is 0. The highest BCUT2D eigenvalue weighted by Crippen LogP contribution is 2.21. The van der Waals surface area contributed by atoms with Crippen molar-refractivity contribution in [2.75, 3.05) is 6.54 Å². The van der Waals surface area contributed by atoms with Gasteiger partial charge in [0.2, 0.25) is 0 Å². The van der Waals surface area contributed by atoms with E-state index in [2.05, 4.69) is 38.5 Å². The van der Waals surface area contributed by atoms with E-state index in [0.29, 0.717) is 6.54 Å². The van der Waals surface area contributed by atoms with Gasteiger partial charge in [-0.25, -0.2) is 4.79 Å². The number of nitrogens with one attached hydrogen (secondary N) is 1. The molecule has 1 heterocycles. The number of carbonyl (C=O) groups excluding carboxylic acids is 1. The highest BCUT2D eigenvalue weighted by molar-refractivity contribution is 9.10. The zero-order valence-corrected chi connectivity index (χ0v) is 15.3. The van der Waals surface area contributed by atoms with Gasteiger partial charge in [0.15, 0.2) is 0 Å². The topological polar surface area (TPSA) is 56.1 Å². The van der Waals surface area contributed by atoms with E-state index in [-0.39, 0.29) is 6.09 Å². The van der Waals surface area contributed by atoms with Gasteiger partial charge < -0.3 is 10.1 Å². The molecule has 0 spiro atoms. The molecule has 1 aromatic carbocycles. The zero-order valence-electron chi connectivity index (χ0n) is 13.7. The Morgan fingerprint density at radius 1 is 1.26 bits per heavy atom. The quantitative estimate of drug-likeness (QED) is 0.790. The number of rotatable bonds is 5. The van der Waals surface area contributed by atoms with Crippen LogP contribution in [0.25, 0.3) is 11.1 Å². The maximum atomic E-state index is 11.5. The number of aromatic nitrogens is 2. The van der Waals surface area contributed by atoms with E-state index in [1.54, 1.807) is 0 Å². The van der Waals surface area contributed by atoms with E-state index in [1.165, 1.54) is 0 Å². The van der Waals surface area contributed by atoms with Crippen LogP contribution in [0.2, 0.25) is 0 Å².